The lowest BCUT2D eigenvalue weighted by Crippen LogP contribution is -2.40. The molecule has 0 aliphatic carbocycles. The summed E-state index contributed by atoms with van der Waals surface area (Å²) in [5, 5.41) is 0. The van der Waals surface area contributed by atoms with Crippen molar-refractivity contribution in [2.24, 2.45) is 5.73 Å². The van der Waals surface area contributed by atoms with Gasteiger partial charge in [0.05, 0.1) is 0 Å². The second-order valence-electron chi connectivity index (χ2n) is 3.31. The van der Waals surface area contributed by atoms with Crippen molar-refractivity contribution in [3.8, 4) is 0 Å². The van der Waals surface area contributed by atoms with E-state index >= 15 is 0 Å². The number of nitrogens with two attached hydrogens (primary N) is 1. The van der Waals surface area contributed by atoms with Crippen molar-refractivity contribution in [2.45, 2.75) is 25.8 Å². The summed E-state index contributed by atoms with van der Waals surface area (Å²) in [6.45, 7) is 3.41. The molecule has 1 aliphatic rings. The quantitative estimate of drug-likeness (QED) is 0.711. The van der Waals surface area contributed by atoms with Gasteiger partial charge in [-0.1, -0.05) is 6.92 Å². The van der Waals surface area contributed by atoms with Crippen molar-refractivity contribution in [3.05, 3.63) is 0 Å². The predicted octanol–water partition coefficient (Wildman–Crippen LogP) is -0.314. The van der Waals surface area contributed by atoms with E-state index in [1.807, 2.05) is 6.92 Å². The summed E-state index contributed by atoms with van der Waals surface area (Å²) in [4.78, 5) is 0. The summed E-state index contributed by atoms with van der Waals surface area (Å²) >= 11 is 0. The van der Waals surface area contributed by atoms with E-state index in [-0.39, 0.29) is 18.4 Å². The van der Waals surface area contributed by atoms with E-state index in [2.05, 4.69) is 4.72 Å². The summed E-state index contributed by atoms with van der Waals surface area (Å²) in [6, 6.07) is -0.00167. The Labute approximate surface area is 91.6 Å². The fraction of sp³-hybridized carbons (Fsp3) is 1.00. The third-order valence-electron chi connectivity index (χ3n) is 2.06. The Kier molecular flexibility index (Phi) is 5.92. The first kappa shape index (κ1) is 14.1. The Balaban J connectivity index is 0.00000169. The molecule has 0 aromatic heterocycles. The number of nitrogens with one attached hydrogen (secondary N) is 1. The average Bonchev–Trinajstić information content (AvgIpc) is 2.49. The summed E-state index contributed by atoms with van der Waals surface area (Å²) in [5.74, 6) is 0. The van der Waals surface area contributed by atoms with Gasteiger partial charge in [-0.3, -0.25) is 0 Å². The molecule has 1 heterocycles. The van der Waals surface area contributed by atoms with Gasteiger partial charge in [0.2, 0.25) is 0 Å². The van der Waals surface area contributed by atoms with Gasteiger partial charge < -0.3 is 5.73 Å². The van der Waals surface area contributed by atoms with E-state index in [1.54, 1.807) is 0 Å². The lowest BCUT2D eigenvalue weighted by atomic mass is 10.3. The van der Waals surface area contributed by atoms with Crippen LogP contribution in [0, 0.1) is 0 Å². The highest BCUT2D eigenvalue weighted by molar-refractivity contribution is 7.87. The average molecular weight is 244 g/mol. The minimum absolute atomic E-state index is 0. The van der Waals surface area contributed by atoms with E-state index in [0.717, 1.165) is 12.8 Å². The Morgan fingerprint density at radius 1 is 1.57 bits per heavy atom. The van der Waals surface area contributed by atoms with Gasteiger partial charge in [-0.15, -0.1) is 12.4 Å². The van der Waals surface area contributed by atoms with Gasteiger partial charge in [-0.05, 0) is 12.8 Å². The zero-order valence-corrected chi connectivity index (χ0v) is 9.90. The van der Waals surface area contributed by atoms with Crippen molar-refractivity contribution in [2.75, 3.05) is 19.6 Å². The Bertz CT molecular complexity index is 258. The monoisotopic (exact) mass is 243 g/mol. The molecule has 14 heavy (non-hydrogen) atoms. The molecule has 1 aliphatic heterocycles. The first-order chi connectivity index (χ1) is 6.06. The molecule has 0 aromatic carbocycles. The highest BCUT2D eigenvalue weighted by Gasteiger charge is 2.28. The zero-order valence-electron chi connectivity index (χ0n) is 8.27. The number of halogens is 1. The second-order valence-corrected chi connectivity index (χ2v) is 5.06. The molecule has 0 bridgehead atoms. The summed E-state index contributed by atoms with van der Waals surface area (Å²) in [7, 11) is -3.25. The Hall–Kier alpha value is 0.120. The molecule has 0 amide bonds. The molecule has 0 spiro atoms. The molecule has 0 aromatic rings. The van der Waals surface area contributed by atoms with Crippen molar-refractivity contribution >= 4 is 22.6 Å². The fourth-order valence-electron chi connectivity index (χ4n) is 1.29. The lowest BCUT2D eigenvalue weighted by Gasteiger charge is -2.15. The maximum Gasteiger partial charge on any atom is 0.279 e. The first-order valence-corrected chi connectivity index (χ1v) is 6.00. The van der Waals surface area contributed by atoms with Gasteiger partial charge in [0, 0.05) is 25.7 Å². The van der Waals surface area contributed by atoms with Crippen LogP contribution in [-0.4, -0.2) is 38.4 Å². The molecular formula is C7H18ClN3O2S. The molecule has 1 atom stereocenters. The van der Waals surface area contributed by atoms with Crippen LogP contribution in [0.2, 0.25) is 0 Å². The largest absolute Gasteiger partial charge is 0.326 e. The molecule has 7 heteroatoms. The minimum atomic E-state index is -3.25. The van der Waals surface area contributed by atoms with Gasteiger partial charge in [0.15, 0.2) is 0 Å². The summed E-state index contributed by atoms with van der Waals surface area (Å²) < 4.78 is 26.9. The fourth-order valence-corrected chi connectivity index (χ4v) is 2.67. The molecule has 3 N–H and O–H groups in total. The predicted molar refractivity (Wildman–Crippen MR) is 58.6 cm³/mol. The van der Waals surface area contributed by atoms with Gasteiger partial charge in [0.25, 0.3) is 10.2 Å². The third kappa shape index (κ3) is 3.70. The normalized spacial score (nSPS) is 23.4. The highest BCUT2D eigenvalue weighted by atomic mass is 35.5. The van der Waals surface area contributed by atoms with Crippen LogP contribution in [-0.2, 0) is 10.2 Å². The van der Waals surface area contributed by atoms with Crippen LogP contribution in [0.3, 0.4) is 0 Å². The van der Waals surface area contributed by atoms with E-state index in [9.17, 15) is 8.42 Å². The molecule has 1 rings (SSSR count). The molecule has 86 valence electrons. The van der Waals surface area contributed by atoms with Crippen molar-refractivity contribution < 1.29 is 8.42 Å². The Morgan fingerprint density at radius 3 is 2.64 bits per heavy atom. The zero-order chi connectivity index (χ0) is 9.90. The molecule has 1 fully saturated rings. The van der Waals surface area contributed by atoms with Gasteiger partial charge >= 0.3 is 0 Å². The van der Waals surface area contributed by atoms with Gasteiger partial charge in [-0.25, -0.2) is 4.72 Å². The van der Waals surface area contributed by atoms with Gasteiger partial charge in [-0.2, -0.15) is 12.7 Å². The van der Waals surface area contributed by atoms with Crippen molar-refractivity contribution in [3.63, 3.8) is 0 Å². The maximum absolute atomic E-state index is 11.5. The summed E-state index contributed by atoms with van der Waals surface area (Å²) in [6.07, 6.45) is 1.56. The highest BCUT2D eigenvalue weighted by Crippen LogP contribution is 2.10. The topological polar surface area (TPSA) is 75.4 Å². The maximum atomic E-state index is 11.5. The van der Waals surface area contributed by atoms with Crippen LogP contribution in [0.15, 0.2) is 0 Å². The van der Waals surface area contributed by atoms with Crippen molar-refractivity contribution in [1.29, 1.82) is 0 Å². The lowest BCUT2D eigenvalue weighted by molar-refractivity contribution is 0.460. The van der Waals surface area contributed by atoms with Crippen LogP contribution >= 0.6 is 12.4 Å². The standard InChI is InChI=1S/C7H17N3O2S.ClH/c1-2-4-9-13(11,12)10-5-3-7(8)6-10;/h7,9H,2-6,8H2,1H3;1H/t7-;/m0./s1. The number of hydrogen-bond donors (Lipinski definition) is 2. The van der Waals surface area contributed by atoms with E-state index < -0.39 is 10.2 Å². The molecular weight excluding hydrogens is 226 g/mol. The Morgan fingerprint density at radius 2 is 2.21 bits per heavy atom. The molecule has 5 nitrogen and oxygen atoms in total. The number of nitrogens with zero attached hydrogens (tertiary/aromatic N) is 1. The van der Waals surface area contributed by atoms with E-state index in [0.29, 0.717) is 19.6 Å². The second kappa shape index (κ2) is 5.87. The van der Waals surface area contributed by atoms with Crippen LogP contribution in [0.5, 0.6) is 0 Å². The smallest absolute Gasteiger partial charge is 0.279 e. The minimum Gasteiger partial charge on any atom is -0.326 e. The van der Waals surface area contributed by atoms with Crippen LogP contribution in [0.1, 0.15) is 19.8 Å². The van der Waals surface area contributed by atoms with Crippen LogP contribution in [0.25, 0.3) is 0 Å². The molecule has 0 radical (unpaired) electrons. The van der Waals surface area contributed by atoms with E-state index in [1.165, 1.54) is 4.31 Å². The molecule has 0 saturated carbocycles. The van der Waals surface area contributed by atoms with Crippen molar-refractivity contribution in [1.82, 2.24) is 9.03 Å². The number of hydrogen-bond acceptors (Lipinski definition) is 3. The third-order valence-corrected chi connectivity index (χ3v) is 3.64. The number of rotatable bonds is 4. The van der Waals surface area contributed by atoms with Crippen LogP contribution in [0.4, 0.5) is 0 Å². The van der Waals surface area contributed by atoms with E-state index in [4.69, 9.17) is 5.73 Å². The molecule has 1 saturated heterocycles. The molecule has 0 unspecified atom stereocenters. The first-order valence-electron chi connectivity index (χ1n) is 4.56. The van der Waals surface area contributed by atoms with Crippen LogP contribution < -0.4 is 10.5 Å². The SMILES string of the molecule is CCCNS(=O)(=O)N1CC[C@H](N)C1.Cl. The van der Waals surface area contributed by atoms with Gasteiger partial charge in [0.1, 0.15) is 0 Å². The summed E-state index contributed by atoms with van der Waals surface area (Å²) in [5.41, 5.74) is 5.62.